The largest absolute Gasteiger partial charge is 0.394 e. The molecule has 6 nitrogen and oxygen atoms in total. The first-order valence-electron chi connectivity index (χ1n) is 13.4. The van der Waals surface area contributed by atoms with Crippen LogP contribution >= 0.6 is 0 Å². The first-order valence-corrected chi connectivity index (χ1v) is 13.4. The van der Waals surface area contributed by atoms with Crippen LogP contribution < -0.4 is 10.2 Å². The van der Waals surface area contributed by atoms with E-state index in [0.717, 1.165) is 66.4 Å². The molecule has 6 heteroatoms. The van der Waals surface area contributed by atoms with Crippen LogP contribution in [0.15, 0.2) is 48.7 Å². The maximum atomic E-state index is 13.7. The van der Waals surface area contributed by atoms with E-state index >= 15 is 0 Å². The average molecular weight is 490 g/mol. The highest BCUT2D eigenvalue weighted by atomic mass is 16.3. The van der Waals surface area contributed by atoms with Crippen LogP contribution in [0.4, 0.5) is 5.69 Å². The third-order valence-electron chi connectivity index (χ3n) is 7.25. The molecule has 1 aliphatic rings. The number of aliphatic hydroxyl groups excluding tert-OH is 1. The van der Waals surface area contributed by atoms with Crippen LogP contribution in [-0.2, 0) is 17.6 Å². The van der Waals surface area contributed by atoms with Gasteiger partial charge in [-0.2, -0.15) is 0 Å². The van der Waals surface area contributed by atoms with Gasteiger partial charge in [0, 0.05) is 42.2 Å². The highest BCUT2D eigenvalue weighted by molar-refractivity contribution is 6.11. The Morgan fingerprint density at radius 1 is 1.06 bits per heavy atom. The van der Waals surface area contributed by atoms with E-state index in [9.17, 15) is 14.7 Å². The lowest BCUT2D eigenvalue weighted by Gasteiger charge is -2.34. The minimum Gasteiger partial charge on any atom is -0.394 e. The summed E-state index contributed by atoms with van der Waals surface area (Å²) in [6.07, 6.45) is 8.51. The fraction of sp³-hybridized carbons (Fsp3) is 0.467. The van der Waals surface area contributed by atoms with E-state index in [1.165, 1.54) is 0 Å². The first-order chi connectivity index (χ1) is 17.6. The predicted octanol–water partition coefficient (Wildman–Crippen LogP) is 5.18. The molecule has 1 aromatic heterocycles. The van der Waals surface area contributed by atoms with Gasteiger partial charge in [0.05, 0.1) is 18.2 Å². The Kier molecular flexibility index (Phi) is 8.81. The zero-order chi connectivity index (χ0) is 25.5. The van der Waals surface area contributed by atoms with Crippen LogP contribution in [0, 0.1) is 0 Å². The number of ketones is 1. The summed E-state index contributed by atoms with van der Waals surface area (Å²) in [5, 5.41) is 14.2. The van der Waals surface area contributed by atoms with Crippen LogP contribution in [0.1, 0.15) is 73.9 Å². The Labute approximate surface area is 214 Å². The number of anilines is 1. The zero-order valence-electron chi connectivity index (χ0n) is 21.6. The summed E-state index contributed by atoms with van der Waals surface area (Å²) >= 11 is 0. The normalized spacial score (nSPS) is 18.0. The van der Waals surface area contributed by atoms with Gasteiger partial charge in [0.15, 0.2) is 5.78 Å². The number of aliphatic hydroxyl groups is 1. The monoisotopic (exact) mass is 489 g/mol. The Morgan fingerprint density at radius 3 is 2.56 bits per heavy atom. The summed E-state index contributed by atoms with van der Waals surface area (Å²) < 4.78 is 0. The zero-order valence-corrected chi connectivity index (χ0v) is 21.6. The van der Waals surface area contributed by atoms with Gasteiger partial charge in [-0.05, 0) is 42.5 Å². The molecule has 0 fully saturated rings. The summed E-state index contributed by atoms with van der Waals surface area (Å²) in [6, 6.07) is 13.2. The van der Waals surface area contributed by atoms with Crippen molar-refractivity contribution in [2.75, 3.05) is 18.1 Å². The van der Waals surface area contributed by atoms with Crippen LogP contribution in [0.5, 0.6) is 0 Å². The highest BCUT2D eigenvalue weighted by Gasteiger charge is 2.32. The van der Waals surface area contributed by atoms with Gasteiger partial charge in [0.25, 0.3) is 0 Å². The number of carbonyl (C=O) groups is 2. The molecule has 0 unspecified atom stereocenters. The lowest BCUT2D eigenvalue weighted by Crippen LogP contribution is -2.52. The number of carbonyl (C=O) groups excluding carboxylic acids is 2. The van der Waals surface area contributed by atoms with Gasteiger partial charge in [0.1, 0.15) is 6.04 Å². The number of benzene rings is 2. The van der Waals surface area contributed by atoms with Gasteiger partial charge in [-0.3, -0.25) is 9.59 Å². The summed E-state index contributed by atoms with van der Waals surface area (Å²) in [6.45, 7) is 4.87. The number of H-pyrrole nitrogens is 1. The summed E-state index contributed by atoms with van der Waals surface area (Å²) in [5.41, 5.74) is 4.65. The number of unbranched alkanes of at least 4 members (excludes halogenated alkanes) is 3. The van der Waals surface area contributed by atoms with Crippen molar-refractivity contribution in [2.24, 2.45) is 0 Å². The van der Waals surface area contributed by atoms with Crippen molar-refractivity contribution in [3.8, 4) is 0 Å². The number of rotatable bonds is 11. The van der Waals surface area contributed by atoms with E-state index in [1.54, 1.807) is 0 Å². The minimum atomic E-state index is -0.427. The third kappa shape index (κ3) is 5.65. The van der Waals surface area contributed by atoms with Crippen molar-refractivity contribution >= 4 is 28.3 Å². The molecule has 2 heterocycles. The van der Waals surface area contributed by atoms with E-state index in [2.05, 4.69) is 41.2 Å². The average Bonchev–Trinajstić information content (AvgIpc) is 3.33. The molecule has 36 heavy (non-hydrogen) atoms. The summed E-state index contributed by atoms with van der Waals surface area (Å²) in [7, 11) is 0. The molecule has 0 saturated carbocycles. The molecule has 192 valence electrons. The molecule has 0 spiro atoms. The van der Waals surface area contributed by atoms with Crippen molar-refractivity contribution in [3.05, 3.63) is 65.4 Å². The number of aromatic amines is 1. The summed E-state index contributed by atoms with van der Waals surface area (Å²) in [5.74, 6) is 0.0720. The maximum Gasteiger partial charge on any atom is 0.243 e. The van der Waals surface area contributed by atoms with Gasteiger partial charge >= 0.3 is 0 Å². The van der Waals surface area contributed by atoms with Gasteiger partial charge in [-0.1, -0.05) is 63.4 Å². The van der Waals surface area contributed by atoms with Crippen LogP contribution in [0.25, 0.3) is 10.9 Å². The van der Waals surface area contributed by atoms with Gasteiger partial charge in [-0.15, -0.1) is 0 Å². The lowest BCUT2D eigenvalue weighted by molar-refractivity contribution is -0.123. The molecule has 1 amide bonds. The number of hydrogen-bond acceptors (Lipinski definition) is 4. The Morgan fingerprint density at radius 2 is 1.83 bits per heavy atom. The Bertz CT molecular complexity index is 1170. The Balaban J connectivity index is 1.86. The van der Waals surface area contributed by atoms with Crippen molar-refractivity contribution in [1.82, 2.24) is 10.3 Å². The second-order valence-corrected chi connectivity index (χ2v) is 9.92. The molecule has 0 bridgehead atoms. The molecule has 2 aromatic carbocycles. The number of amides is 1. The summed E-state index contributed by atoms with van der Waals surface area (Å²) in [4.78, 5) is 32.4. The van der Waals surface area contributed by atoms with E-state index in [1.807, 2.05) is 36.5 Å². The number of aromatic nitrogens is 1. The minimum absolute atomic E-state index is 0.0696. The highest BCUT2D eigenvalue weighted by Crippen LogP contribution is 2.36. The van der Waals surface area contributed by atoms with Gasteiger partial charge in [0.2, 0.25) is 5.91 Å². The third-order valence-corrected chi connectivity index (χ3v) is 7.25. The maximum absolute atomic E-state index is 13.7. The number of Topliss-reactive ketones (excluding diaryl/α,β-unsaturated/α-hetero) is 1. The molecule has 3 aromatic rings. The molecular weight excluding hydrogens is 450 g/mol. The van der Waals surface area contributed by atoms with Crippen LogP contribution in [0.2, 0.25) is 0 Å². The molecule has 0 aliphatic carbocycles. The first kappa shape index (κ1) is 26.0. The van der Waals surface area contributed by atoms with Crippen LogP contribution in [0.3, 0.4) is 0 Å². The van der Waals surface area contributed by atoms with Gasteiger partial charge < -0.3 is 20.3 Å². The van der Waals surface area contributed by atoms with Crippen molar-refractivity contribution in [3.63, 3.8) is 0 Å². The fourth-order valence-electron chi connectivity index (χ4n) is 5.28. The second-order valence-electron chi connectivity index (χ2n) is 9.92. The fourth-order valence-corrected chi connectivity index (χ4v) is 5.28. The molecule has 1 aliphatic heterocycles. The van der Waals surface area contributed by atoms with Crippen molar-refractivity contribution < 1.29 is 14.7 Å². The standard InChI is InChI=1S/C30H39N3O3/c1-3-5-10-16-33-25-15-14-24(27(35)13-6-4-2)29-28(25)22(19-31-29)18-23(20-34)32-30(36)26(33)17-21-11-8-7-9-12-21/h7-9,11-12,14-15,19,23,26,31,34H,3-6,10,13,16-18,20H2,1-2H3,(H,32,36)/t23-,26-/m0/s1. The Hall–Kier alpha value is -3.12. The van der Waals surface area contributed by atoms with Crippen LogP contribution in [-0.4, -0.2) is 47.0 Å². The number of hydrogen-bond donors (Lipinski definition) is 3. The topological polar surface area (TPSA) is 85.4 Å². The SMILES string of the molecule is CCCCCN1c2ccc(C(=O)CCCC)c3[nH]cc(c23)C[C@@H](CO)NC(=O)[C@@H]1Cc1ccccc1. The molecule has 0 saturated heterocycles. The molecule has 3 N–H and O–H groups in total. The number of nitrogens with zero attached hydrogens (tertiary/aromatic N) is 1. The van der Waals surface area contributed by atoms with Crippen molar-refractivity contribution in [1.29, 1.82) is 0 Å². The molecule has 0 radical (unpaired) electrons. The molecule has 2 atom stereocenters. The van der Waals surface area contributed by atoms with E-state index in [-0.39, 0.29) is 18.3 Å². The second kappa shape index (κ2) is 12.2. The predicted molar refractivity (Wildman–Crippen MR) is 146 cm³/mol. The lowest BCUT2D eigenvalue weighted by atomic mass is 9.97. The van der Waals surface area contributed by atoms with E-state index < -0.39 is 12.1 Å². The quantitative estimate of drug-likeness (QED) is 0.256. The van der Waals surface area contributed by atoms with Crippen molar-refractivity contribution in [2.45, 2.75) is 77.3 Å². The smallest absolute Gasteiger partial charge is 0.243 e. The molecular formula is C30H39N3O3. The molecule has 4 rings (SSSR count). The van der Waals surface area contributed by atoms with Gasteiger partial charge in [-0.25, -0.2) is 0 Å². The van der Waals surface area contributed by atoms with E-state index in [0.29, 0.717) is 24.8 Å². The van der Waals surface area contributed by atoms with E-state index in [4.69, 9.17) is 0 Å². The number of nitrogens with one attached hydrogen (secondary N) is 2.